The second kappa shape index (κ2) is 8.17. The molecule has 2 rings (SSSR count). The number of esters is 1. The van der Waals surface area contributed by atoms with Crippen LogP contribution in [0, 0.1) is 5.41 Å². The van der Waals surface area contributed by atoms with Crippen LogP contribution in [0.15, 0.2) is 24.3 Å². The van der Waals surface area contributed by atoms with E-state index < -0.39 is 19.8 Å². The molecule has 0 unspecified atom stereocenters. The van der Waals surface area contributed by atoms with Gasteiger partial charge in [0, 0.05) is 0 Å². The van der Waals surface area contributed by atoms with Gasteiger partial charge in [-0.2, -0.15) is 0 Å². The summed E-state index contributed by atoms with van der Waals surface area (Å²) >= 11 is 0. The van der Waals surface area contributed by atoms with Crippen LogP contribution in [0.1, 0.15) is 47.1 Å². The third-order valence-electron chi connectivity index (χ3n) is 6.12. The molecule has 0 saturated carbocycles. The Hall–Kier alpha value is -1.37. The summed E-state index contributed by atoms with van der Waals surface area (Å²) in [5, 5.41) is 0.0822. The van der Waals surface area contributed by atoms with Gasteiger partial charge in [-0.25, -0.2) is 0 Å². The normalized spacial score (nSPS) is 23.4. The average Bonchev–Trinajstić information content (AvgIpc) is 2.82. The fourth-order valence-electron chi connectivity index (χ4n) is 3.13. The number of carbonyl (C=O) groups is 1. The molecule has 158 valence electrons. The third-order valence-corrected chi connectivity index (χ3v) is 10.7. The van der Waals surface area contributed by atoms with Crippen LogP contribution >= 0.6 is 0 Å². The van der Waals surface area contributed by atoms with E-state index in [1.807, 2.05) is 45.0 Å². The summed E-state index contributed by atoms with van der Waals surface area (Å²) in [5.74, 6) is 0.570. The quantitative estimate of drug-likeness (QED) is 0.472. The smallest absolute Gasteiger partial charge is 0.314 e. The number of hydrogen-bond donors (Lipinski definition) is 0. The van der Waals surface area contributed by atoms with Crippen LogP contribution in [0.5, 0.6) is 5.75 Å². The lowest BCUT2D eigenvalue weighted by atomic mass is 9.85. The maximum Gasteiger partial charge on any atom is 0.314 e. The van der Waals surface area contributed by atoms with Crippen LogP contribution < -0.4 is 4.74 Å². The maximum atomic E-state index is 12.5. The molecule has 1 saturated heterocycles. The van der Waals surface area contributed by atoms with Gasteiger partial charge in [0.25, 0.3) is 0 Å². The molecule has 6 heteroatoms. The molecule has 0 aromatic heterocycles. The molecule has 1 heterocycles. The van der Waals surface area contributed by atoms with Crippen LogP contribution in [0.4, 0.5) is 0 Å². The molecule has 1 aromatic carbocycles. The van der Waals surface area contributed by atoms with Crippen molar-refractivity contribution >= 4 is 14.3 Å². The highest BCUT2D eigenvalue weighted by atomic mass is 28.4. The van der Waals surface area contributed by atoms with Gasteiger partial charge in [0.2, 0.25) is 0 Å². The van der Waals surface area contributed by atoms with Crippen molar-refractivity contribution in [3.63, 3.8) is 0 Å². The van der Waals surface area contributed by atoms with Gasteiger partial charge in [-0.15, -0.1) is 0 Å². The summed E-state index contributed by atoms with van der Waals surface area (Å²) in [7, 11) is -0.349. The number of methoxy groups -OCH3 is 1. The van der Waals surface area contributed by atoms with Crippen LogP contribution in [-0.4, -0.2) is 39.7 Å². The Morgan fingerprint density at radius 2 is 1.75 bits per heavy atom. The predicted molar refractivity (Wildman–Crippen MR) is 113 cm³/mol. The summed E-state index contributed by atoms with van der Waals surface area (Å²) < 4.78 is 23.7. The molecule has 0 radical (unpaired) electrons. The van der Waals surface area contributed by atoms with Gasteiger partial charge in [-0.1, -0.05) is 32.9 Å². The molecule has 5 nitrogen and oxygen atoms in total. The van der Waals surface area contributed by atoms with E-state index in [4.69, 9.17) is 18.6 Å². The van der Waals surface area contributed by atoms with Gasteiger partial charge in [0.15, 0.2) is 14.4 Å². The molecular formula is C22H36O5Si. The van der Waals surface area contributed by atoms with E-state index in [1.54, 1.807) is 7.11 Å². The van der Waals surface area contributed by atoms with Gasteiger partial charge in [-0.3, -0.25) is 4.79 Å². The SMILES string of the molecule is COc1ccc(CO[C@H]2[C@@H]([C@H](C)O[Si](C)(C)C(C)(C)C)OC(=O)C2(C)C)cc1. The molecule has 0 spiro atoms. The number of hydrogen-bond acceptors (Lipinski definition) is 5. The predicted octanol–water partition coefficient (Wildman–Crippen LogP) is 4.94. The standard InChI is InChI=1S/C22H36O5Si/c1-15(27-28(8,9)21(2,3)4)18-19(22(5,6)20(23)26-18)25-14-16-10-12-17(24-7)13-11-16/h10-13,15,18-19H,14H2,1-9H3/t15-,18+,19-/m0/s1. The monoisotopic (exact) mass is 408 g/mol. The number of cyclic esters (lactones) is 1. The van der Waals surface area contributed by atoms with Crippen molar-refractivity contribution < 1.29 is 23.4 Å². The van der Waals surface area contributed by atoms with Gasteiger partial charge in [0.1, 0.15) is 11.9 Å². The Labute approximate surface area is 170 Å². The molecule has 0 amide bonds. The number of rotatable bonds is 7. The highest BCUT2D eigenvalue weighted by molar-refractivity contribution is 6.74. The zero-order chi connectivity index (χ0) is 21.3. The van der Waals surface area contributed by atoms with Crippen LogP contribution in [0.25, 0.3) is 0 Å². The highest BCUT2D eigenvalue weighted by Gasteiger charge is 2.55. The van der Waals surface area contributed by atoms with Crippen molar-refractivity contribution in [1.29, 1.82) is 0 Å². The molecule has 1 fully saturated rings. The van der Waals surface area contributed by atoms with E-state index >= 15 is 0 Å². The Morgan fingerprint density at radius 3 is 2.25 bits per heavy atom. The number of carbonyl (C=O) groups excluding carboxylic acids is 1. The zero-order valence-electron chi connectivity index (χ0n) is 18.8. The van der Waals surface area contributed by atoms with Crippen LogP contribution in [-0.2, 0) is 25.3 Å². The molecular weight excluding hydrogens is 372 g/mol. The van der Waals surface area contributed by atoms with Crippen LogP contribution in [0.2, 0.25) is 18.1 Å². The van der Waals surface area contributed by atoms with Crippen LogP contribution in [0.3, 0.4) is 0 Å². The first-order valence-corrected chi connectivity index (χ1v) is 12.8. The maximum absolute atomic E-state index is 12.5. The molecule has 3 atom stereocenters. The lowest BCUT2D eigenvalue weighted by Crippen LogP contribution is -2.49. The summed E-state index contributed by atoms with van der Waals surface area (Å²) in [6.07, 6.45) is -1.02. The first-order valence-electron chi connectivity index (χ1n) is 9.93. The molecule has 1 aliphatic rings. The van der Waals surface area contributed by atoms with Gasteiger partial charge < -0.3 is 18.6 Å². The van der Waals surface area contributed by atoms with E-state index in [2.05, 4.69) is 33.9 Å². The first-order chi connectivity index (χ1) is 12.8. The minimum Gasteiger partial charge on any atom is -0.497 e. The van der Waals surface area contributed by atoms with Crippen molar-refractivity contribution in [3.05, 3.63) is 29.8 Å². The first kappa shape index (κ1) is 22.9. The van der Waals surface area contributed by atoms with Crippen molar-refractivity contribution in [1.82, 2.24) is 0 Å². The largest absolute Gasteiger partial charge is 0.497 e. The number of ether oxygens (including phenoxy) is 3. The summed E-state index contributed by atoms with van der Waals surface area (Å²) in [4.78, 5) is 12.5. The Kier molecular flexibility index (Phi) is 6.68. The Morgan fingerprint density at radius 1 is 1.18 bits per heavy atom. The van der Waals surface area contributed by atoms with E-state index in [0.717, 1.165) is 11.3 Å². The molecule has 0 aliphatic carbocycles. The van der Waals surface area contributed by atoms with E-state index in [1.165, 1.54) is 0 Å². The second-order valence-corrected chi connectivity index (χ2v) is 14.5. The van der Waals surface area contributed by atoms with Gasteiger partial charge in [-0.05, 0) is 56.6 Å². The lowest BCUT2D eigenvalue weighted by molar-refractivity contribution is -0.150. The van der Waals surface area contributed by atoms with E-state index in [0.29, 0.717) is 6.61 Å². The minimum atomic E-state index is -1.99. The molecule has 0 N–H and O–H groups in total. The van der Waals surface area contributed by atoms with Crippen molar-refractivity contribution in [3.8, 4) is 5.75 Å². The minimum absolute atomic E-state index is 0.0822. The molecule has 1 aromatic rings. The van der Waals surface area contributed by atoms with Gasteiger partial charge in [0.05, 0.1) is 25.2 Å². The lowest BCUT2D eigenvalue weighted by Gasteiger charge is -2.40. The highest BCUT2D eigenvalue weighted by Crippen LogP contribution is 2.42. The van der Waals surface area contributed by atoms with E-state index in [-0.39, 0.29) is 23.2 Å². The second-order valence-electron chi connectivity index (χ2n) is 9.75. The molecule has 0 bridgehead atoms. The summed E-state index contributed by atoms with van der Waals surface area (Å²) in [6, 6.07) is 7.74. The Bertz CT molecular complexity index is 675. The number of benzene rings is 1. The summed E-state index contributed by atoms with van der Waals surface area (Å²) in [5.41, 5.74) is 0.301. The zero-order valence-corrected chi connectivity index (χ0v) is 19.8. The van der Waals surface area contributed by atoms with Crippen molar-refractivity contribution in [2.24, 2.45) is 5.41 Å². The Balaban J connectivity index is 2.14. The van der Waals surface area contributed by atoms with Crippen molar-refractivity contribution in [2.75, 3.05) is 7.11 Å². The topological polar surface area (TPSA) is 54.0 Å². The van der Waals surface area contributed by atoms with Crippen molar-refractivity contribution in [2.45, 2.75) is 84.6 Å². The fourth-order valence-corrected chi connectivity index (χ4v) is 4.54. The summed E-state index contributed by atoms with van der Waals surface area (Å²) in [6.45, 7) is 17.2. The van der Waals surface area contributed by atoms with Gasteiger partial charge >= 0.3 is 5.97 Å². The average molecular weight is 409 g/mol. The molecule has 1 aliphatic heterocycles. The third kappa shape index (κ3) is 4.78. The van der Waals surface area contributed by atoms with E-state index in [9.17, 15) is 4.79 Å². The fraction of sp³-hybridized carbons (Fsp3) is 0.682. The molecule has 28 heavy (non-hydrogen) atoms.